The van der Waals surface area contributed by atoms with E-state index < -0.39 is 9.17 Å². The maximum absolute atomic E-state index is 8.74. The van der Waals surface area contributed by atoms with Crippen LogP contribution in [0.15, 0.2) is 0 Å². The zero-order valence-corrected chi connectivity index (χ0v) is 8.06. The van der Waals surface area contributed by atoms with Crippen molar-refractivity contribution in [3.63, 3.8) is 0 Å². The van der Waals surface area contributed by atoms with Crippen molar-refractivity contribution in [2.75, 3.05) is 0 Å². The van der Waals surface area contributed by atoms with Gasteiger partial charge < -0.3 is 17.9 Å². The van der Waals surface area contributed by atoms with Crippen molar-refractivity contribution in [1.82, 2.24) is 0 Å². The Kier molecular flexibility index (Phi) is 53.1. The summed E-state index contributed by atoms with van der Waals surface area (Å²) in [5, 5.41) is 0. The maximum atomic E-state index is 8.74. The Labute approximate surface area is 87.0 Å². The average molecular weight is 189 g/mol. The normalized spacial score (nSPS) is 3.43. The Bertz CT molecular complexity index is 41.5. The van der Waals surface area contributed by atoms with Crippen LogP contribution in [-0.2, 0) is 23.0 Å². The molecule has 0 heterocycles. The van der Waals surface area contributed by atoms with E-state index in [1.165, 1.54) is 0 Å². The molecule has 0 aromatic heterocycles. The third kappa shape index (κ3) is 108. The second kappa shape index (κ2) is 15.7. The Morgan fingerprint density at radius 1 is 1.43 bits per heavy atom. The Morgan fingerprint density at radius 3 is 1.43 bits per heavy atom. The zero-order chi connectivity index (χ0) is 3.58. The van der Waals surface area contributed by atoms with Gasteiger partial charge in [0.05, 0.1) is 0 Å². The number of hydrogen-bond acceptors (Lipinski definition) is 1. The van der Waals surface area contributed by atoms with Gasteiger partial charge in [0.15, 0.2) is 0 Å². The smallest absolute Gasteiger partial charge is 1.00 e. The van der Waals surface area contributed by atoms with Crippen LogP contribution in [0.4, 0.5) is 0 Å². The molecule has 0 bridgehead atoms. The van der Waals surface area contributed by atoms with Crippen LogP contribution in [0.5, 0.6) is 0 Å². The van der Waals surface area contributed by atoms with Crippen LogP contribution >= 0.6 is 0 Å². The third-order valence-corrected chi connectivity index (χ3v) is 0. The molecule has 4 nitrogen and oxygen atoms in total. The summed E-state index contributed by atoms with van der Waals surface area (Å²) >= 11 is 0. The molecule has 0 aromatic rings. The molecule has 7 heavy (non-hydrogen) atoms. The van der Waals surface area contributed by atoms with Gasteiger partial charge in [0.25, 0.3) is 0 Å². The SMILES string of the molecule is O.O=[Si](O)O.[Ca+2].[H-].[H-].[V]. The molecule has 0 atom stereocenters. The van der Waals surface area contributed by atoms with Crippen LogP contribution in [0.3, 0.4) is 0 Å². The molecule has 0 aliphatic rings. The largest absolute Gasteiger partial charge is 2.00 e. The molecule has 41 valence electrons. The summed E-state index contributed by atoms with van der Waals surface area (Å²) in [6.45, 7) is 0. The van der Waals surface area contributed by atoms with E-state index in [1.54, 1.807) is 0 Å². The predicted molar refractivity (Wildman–Crippen MR) is 22.5 cm³/mol. The van der Waals surface area contributed by atoms with E-state index in [0.29, 0.717) is 0 Å². The molecule has 0 fully saturated rings. The summed E-state index contributed by atoms with van der Waals surface area (Å²) in [4.78, 5) is 14.3. The Hall–Kier alpha value is 1.42. The van der Waals surface area contributed by atoms with Gasteiger partial charge in [0, 0.05) is 18.6 Å². The summed E-state index contributed by atoms with van der Waals surface area (Å²) in [5.41, 5.74) is 0. The summed E-state index contributed by atoms with van der Waals surface area (Å²) in [5.74, 6) is 0. The molecule has 0 amide bonds. The molecule has 0 rings (SSSR count). The van der Waals surface area contributed by atoms with E-state index >= 15 is 0 Å². The quantitative estimate of drug-likeness (QED) is 0.409. The van der Waals surface area contributed by atoms with Gasteiger partial charge in [0.1, 0.15) is 0 Å². The number of hydrogen-bond donors (Lipinski definition) is 2. The topological polar surface area (TPSA) is 89.0 Å². The summed E-state index contributed by atoms with van der Waals surface area (Å²) in [7, 11) is -3.13. The minimum Gasteiger partial charge on any atom is -1.00 e. The van der Waals surface area contributed by atoms with Crippen molar-refractivity contribution in [3.05, 3.63) is 0 Å². The van der Waals surface area contributed by atoms with Gasteiger partial charge in [0.2, 0.25) is 0 Å². The van der Waals surface area contributed by atoms with Crippen LogP contribution in [0.25, 0.3) is 0 Å². The maximum Gasteiger partial charge on any atom is 2.00 e. The van der Waals surface area contributed by atoms with Gasteiger partial charge in [-0.05, 0) is 0 Å². The van der Waals surface area contributed by atoms with Crippen LogP contribution in [0.2, 0.25) is 0 Å². The zero-order valence-electron chi connectivity index (χ0n) is 5.46. The van der Waals surface area contributed by atoms with Gasteiger partial charge in [-0.2, -0.15) is 0 Å². The van der Waals surface area contributed by atoms with Crippen LogP contribution in [-0.4, -0.2) is 62.0 Å². The second-order valence-electron chi connectivity index (χ2n) is 0.283. The minimum atomic E-state index is -3.13. The van der Waals surface area contributed by atoms with Crippen molar-refractivity contribution in [1.29, 1.82) is 0 Å². The van der Waals surface area contributed by atoms with Crippen molar-refractivity contribution in [3.8, 4) is 0 Å². The fourth-order valence-corrected chi connectivity index (χ4v) is 0. The molecule has 0 saturated carbocycles. The van der Waals surface area contributed by atoms with Crippen LogP contribution < -0.4 is 0 Å². The Morgan fingerprint density at radius 2 is 1.43 bits per heavy atom. The van der Waals surface area contributed by atoms with Crippen molar-refractivity contribution >= 4 is 46.9 Å². The van der Waals surface area contributed by atoms with E-state index in [2.05, 4.69) is 0 Å². The van der Waals surface area contributed by atoms with Gasteiger partial charge in [-0.3, -0.25) is 4.46 Å². The summed E-state index contributed by atoms with van der Waals surface area (Å²) in [6, 6.07) is 0. The van der Waals surface area contributed by atoms with E-state index in [-0.39, 0.29) is 64.6 Å². The standard InChI is InChI=1S/Ca.H2O3Si.H2O.V.2H/c;1-4(2)3;;;;/h;1-2H;1H2;;;/q+2;;;;2*-1. The van der Waals surface area contributed by atoms with Gasteiger partial charge >= 0.3 is 46.9 Å². The third-order valence-electron chi connectivity index (χ3n) is 0. The molecule has 0 aromatic carbocycles. The van der Waals surface area contributed by atoms with Gasteiger partial charge in [-0.25, -0.2) is 0 Å². The molecule has 0 spiro atoms. The molecule has 1 radical (unpaired) electrons. The van der Waals surface area contributed by atoms with Gasteiger partial charge in [-0.15, -0.1) is 0 Å². The minimum absolute atomic E-state index is 0. The molecule has 4 N–H and O–H groups in total. The van der Waals surface area contributed by atoms with Crippen LogP contribution in [0, 0.1) is 0 Å². The Balaban J connectivity index is -0.00000000450. The van der Waals surface area contributed by atoms with Crippen molar-refractivity contribution in [2.45, 2.75) is 0 Å². The van der Waals surface area contributed by atoms with Crippen molar-refractivity contribution in [2.24, 2.45) is 0 Å². The second-order valence-corrected chi connectivity index (χ2v) is 0.848. The first-order chi connectivity index (χ1) is 1.73. The number of rotatable bonds is 0. The fraction of sp³-hybridized carbons (Fsp3) is 0. The van der Waals surface area contributed by atoms with E-state index in [4.69, 9.17) is 14.1 Å². The first-order valence-electron chi connectivity index (χ1n) is 0.651. The fourth-order valence-electron chi connectivity index (χ4n) is 0. The molecule has 0 saturated heterocycles. The monoisotopic (exact) mass is 189 g/mol. The molecule has 0 unspecified atom stereocenters. The van der Waals surface area contributed by atoms with Crippen LogP contribution in [0.1, 0.15) is 2.85 Å². The van der Waals surface area contributed by atoms with Gasteiger partial charge in [-0.1, -0.05) is 0 Å². The molecular formula is H6CaO4SiV. The first-order valence-corrected chi connectivity index (χ1v) is 1.95. The average Bonchev–Trinajstić information content (AvgIpc) is 0.811. The molecule has 0 aliphatic heterocycles. The first kappa shape index (κ1) is 23.7. The summed E-state index contributed by atoms with van der Waals surface area (Å²) < 4.78 is 8.74. The van der Waals surface area contributed by atoms with E-state index in [1.807, 2.05) is 0 Å². The molecular weight excluding hydrogens is 183 g/mol. The predicted octanol–water partition coefficient (Wildman–Crippen LogP) is -2.60. The molecule has 0 aliphatic carbocycles. The van der Waals surface area contributed by atoms with Crippen molar-refractivity contribution < 1.29 is 40.9 Å². The molecule has 7 heteroatoms. The summed E-state index contributed by atoms with van der Waals surface area (Å²) in [6.07, 6.45) is 0. The van der Waals surface area contributed by atoms with E-state index in [0.717, 1.165) is 0 Å². The van der Waals surface area contributed by atoms with E-state index in [9.17, 15) is 0 Å².